The van der Waals surface area contributed by atoms with Crippen LogP contribution in [0.2, 0.25) is 0 Å². The molecule has 1 aliphatic rings. The zero-order valence-corrected chi connectivity index (χ0v) is 8.75. The molecule has 0 amide bonds. The Morgan fingerprint density at radius 1 is 1.00 bits per heavy atom. The Morgan fingerprint density at radius 3 is 1.83 bits per heavy atom. The van der Waals surface area contributed by atoms with Gasteiger partial charge >= 0.3 is 0 Å². The van der Waals surface area contributed by atoms with Crippen LogP contribution >= 0.6 is 0 Å². The number of rotatable bonds is 2. The number of hydrogen-bond acceptors (Lipinski definition) is 1. The van der Waals surface area contributed by atoms with Crippen molar-refractivity contribution in [3.8, 4) is 0 Å². The quantitative estimate of drug-likeness (QED) is 0.675. The Hall–Kier alpha value is -0.0400. The van der Waals surface area contributed by atoms with E-state index in [0.717, 1.165) is 18.3 Å². The maximum atomic E-state index is 9.78. The average Bonchev–Trinajstić information content (AvgIpc) is 2.30. The van der Waals surface area contributed by atoms with E-state index in [1.807, 2.05) is 0 Å². The van der Waals surface area contributed by atoms with E-state index in [1.54, 1.807) is 0 Å². The molecule has 0 radical (unpaired) electrons. The third-order valence-corrected chi connectivity index (χ3v) is 3.41. The van der Waals surface area contributed by atoms with Gasteiger partial charge in [0.2, 0.25) is 0 Å². The average molecular weight is 170 g/mol. The van der Waals surface area contributed by atoms with Gasteiger partial charge in [-0.1, -0.05) is 27.7 Å². The maximum Gasteiger partial charge on any atom is 0.0573 e. The summed E-state index contributed by atoms with van der Waals surface area (Å²) in [6.45, 7) is 8.97. The second-order valence-electron chi connectivity index (χ2n) is 4.95. The molecule has 0 heterocycles. The molecule has 0 saturated heterocycles. The minimum Gasteiger partial charge on any atom is -0.393 e. The van der Waals surface area contributed by atoms with Gasteiger partial charge in [-0.2, -0.15) is 0 Å². The van der Waals surface area contributed by atoms with Crippen molar-refractivity contribution in [2.45, 2.75) is 46.6 Å². The summed E-state index contributed by atoms with van der Waals surface area (Å²) in [6.07, 6.45) is 2.23. The first kappa shape index (κ1) is 10.0. The molecule has 0 aromatic rings. The highest BCUT2D eigenvalue weighted by Crippen LogP contribution is 2.39. The van der Waals surface area contributed by atoms with Gasteiger partial charge in [0.15, 0.2) is 0 Å². The van der Waals surface area contributed by atoms with Crippen molar-refractivity contribution in [2.24, 2.45) is 23.7 Å². The molecule has 12 heavy (non-hydrogen) atoms. The van der Waals surface area contributed by atoms with Crippen LogP contribution in [0.25, 0.3) is 0 Å². The Balaban J connectivity index is 2.50. The molecule has 1 saturated carbocycles. The van der Waals surface area contributed by atoms with Gasteiger partial charge in [0.05, 0.1) is 6.10 Å². The zero-order valence-electron chi connectivity index (χ0n) is 8.75. The zero-order chi connectivity index (χ0) is 9.30. The minimum atomic E-state index is -0.0302. The summed E-state index contributed by atoms with van der Waals surface area (Å²) < 4.78 is 0. The molecule has 0 aliphatic heterocycles. The summed E-state index contributed by atoms with van der Waals surface area (Å²) in [7, 11) is 0. The van der Waals surface area contributed by atoms with E-state index in [4.69, 9.17) is 0 Å². The van der Waals surface area contributed by atoms with E-state index >= 15 is 0 Å². The van der Waals surface area contributed by atoms with Crippen LogP contribution in [-0.2, 0) is 0 Å². The first-order chi connectivity index (χ1) is 5.52. The highest BCUT2D eigenvalue weighted by Gasteiger charge is 2.35. The Kier molecular flexibility index (Phi) is 3.16. The van der Waals surface area contributed by atoms with Crippen molar-refractivity contribution in [3.63, 3.8) is 0 Å². The molecule has 0 unspecified atom stereocenters. The topological polar surface area (TPSA) is 20.2 Å². The molecule has 0 spiro atoms. The fourth-order valence-electron chi connectivity index (χ4n) is 2.35. The molecule has 1 nitrogen and oxygen atoms in total. The van der Waals surface area contributed by atoms with Crippen LogP contribution in [0, 0.1) is 23.7 Å². The molecule has 1 fully saturated rings. The molecule has 1 rings (SSSR count). The van der Waals surface area contributed by atoms with Crippen molar-refractivity contribution in [2.75, 3.05) is 0 Å². The third-order valence-electron chi connectivity index (χ3n) is 3.41. The van der Waals surface area contributed by atoms with E-state index in [2.05, 4.69) is 27.7 Å². The monoisotopic (exact) mass is 170 g/mol. The maximum absolute atomic E-state index is 9.78. The Morgan fingerprint density at radius 2 is 1.58 bits per heavy atom. The first-order valence-electron chi connectivity index (χ1n) is 5.20. The molecule has 1 N–H and O–H groups in total. The van der Waals surface area contributed by atoms with Gasteiger partial charge in [-0.25, -0.2) is 0 Å². The lowest BCUT2D eigenvalue weighted by Gasteiger charge is -2.18. The summed E-state index contributed by atoms with van der Waals surface area (Å²) in [5.41, 5.74) is 0. The van der Waals surface area contributed by atoms with Gasteiger partial charge in [0, 0.05) is 0 Å². The van der Waals surface area contributed by atoms with Crippen molar-refractivity contribution in [1.82, 2.24) is 0 Å². The molecular formula is C11H22O. The van der Waals surface area contributed by atoms with Crippen LogP contribution < -0.4 is 0 Å². The highest BCUT2D eigenvalue weighted by molar-refractivity contribution is 4.85. The first-order valence-corrected chi connectivity index (χ1v) is 5.20. The van der Waals surface area contributed by atoms with E-state index in [1.165, 1.54) is 6.42 Å². The lowest BCUT2D eigenvalue weighted by molar-refractivity contribution is 0.107. The van der Waals surface area contributed by atoms with Gasteiger partial charge in [0.1, 0.15) is 0 Å². The molecule has 3 atom stereocenters. The Bertz CT molecular complexity index is 140. The van der Waals surface area contributed by atoms with Crippen LogP contribution in [0.4, 0.5) is 0 Å². The second kappa shape index (κ2) is 3.78. The summed E-state index contributed by atoms with van der Waals surface area (Å²) in [5, 5.41) is 9.78. The molecular weight excluding hydrogens is 148 g/mol. The van der Waals surface area contributed by atoms with Crippen molar-refractivity contribution < 1.29 is 5.11 Å². The highest BCUT2D eigenvalue weighted by atomic mass is 16.3. The lowest BCUT2D eigenvalue weighted by atomic mass is 9.89. The number of aliphatic hydroxyl groups is 1. The molecule has 1 aliphatic carbocycles. The van der Waals surface area contributed by atoms with E-state index in [-0.39, 0.29) is 6.10 Å². The molecule has 0 aromatic heterocycles. The molecule has 0 bridgehead atoms. The lowest BCUT2D eigenvalue weighted by Crippen LogP contribution is -2.18. The summed E-state index contributed by atoms with van der Waals surface area (Å²) >= 11 is 0. The van der Waals surface area contributed by atoms with Crippen LogP contribution in [0.5, 0.6) is 0 Å². The van der Waals surface area contributed by atoms with Crippen molar-refractivity contribution >= 4 is 0 Å². The van der Waals surface area contributed by atoms with E-state index < -0.39 is 0 Å². The normalized spacial score (nSPS) is 36.8. The van der Waals surface area contributed by atoms with Gasteiger partial charge in [-0.3, -0.25) is 0 Å². The standard InChI is InChI=1S/C11H22O/c1-7(2)9-5-10(8(3)4)11(12)6-9/h7-12H,5-6H2,1-4H3/t9-,10-,11+/m1/s1. The number of hydrogen-bond donors (Lipinski definition) is 1. The summed E-state index contributed by atoms with van der Waals surface area (Å²) in [6, 6.07) is 0. The SMILES string of the molecule is CC(C)[C@@H]1C[C@H](C(C)C)[C@@H](O)C1. The fourth-order valence-corrected chi connectivity index (χ4v) is 2.35. The fraction of sp³-hybridized carbons (Fsp3) is 1.00. The van der Waals surface area contributed by atoms with Crippen LogP contribution in [0.15, 0.2) is 0 Å². The predicted octanol–water partition coefficient (Wildman–Crippen LogP) is 2.69. The van der Waals surface area contributed by atoms with Gasteiger partial charge in [-0.15, -0.1) is 0 Å². The van der Waals surface area contributed by atoms with Crippen LogP contribution in [-0.4, -0.2) is 11.2 Å². The van der Waals surface area contributed by atoms with Crippen molar-refractivity contribution in [3.05, 3.63) is 0 Å². The predicted molar refractivity (Wildman–Crippen MR) is 51.9 cm³/mol. The van der Waals surface area contributed by atoms with E-state index in [0.29, 0.717) is 11.8 Å². The largest absolute Gasteiger partial charge is 0.393 e. The van der Waals surface area contributed by atoms with Gasteiger partial charge in [0.25, 0.3) is 0 Å². The molecule has 0 aromatic carbocycles. The second-order valence-corrected chi connectivity index (χ2v) is 4.95. The summed E-state index contributed by atoms with van der Waals surface area (Å²) in [4.78, 5) is 0. The third kappa shape index (κ3) is 2.01. The van der Waals surface area contributed by atoms with E-state index in [9.17, 15) is 5.11 Å². The molecule has 1 heteroatoms. The summed E-state index contributed by atoms with van der Waals surface area (Å²) in [5.74, 6) is 2.69. The van der Waals surface area contributed by atoms with Crippen LogP contribution in [0.1, 0.15) is 40.5 Å². The van der Waals surface area contributed by atoms with Crippen LogP contribution in [0.3, 0.4) is 0 Å². The minimum absolute atomic E-state index is 0.0302. The van der Waals surface area contributed by atoms with Crippen molar-refractivity contribution in [1.29, 1.82) is 0 Å². The number of aliphatic hydroxyl groups excluding tert-OH is 1. The Labute approximate surface area is 76.2 Å². The molecule has 72 valence electrons. The smallest absolute Gasteiger partial charge is 0.0573 e. The van der Waals surface area contributed by atoms with Gasteiger partial charge in [-0.05, 0) is 36.5 Å². The van der Waals surface area contributed by atoms with Gasteiger partial charge < -0.3 is 5.11 Å².